The Bertz CT molecular complexity index is 936. The van der Waals surface area contributed by atoms with Crippen molar-refractivity contribution in [3.63, 3.8) is 0 Å². The SMILES string of the molecule is COC(=O)c1ccccc1NC(=O)C(C)(C)C(=O)N1c2ccccc2CC1C. The van der Waals surface area contributed by atoms with E-state index in [1.54, 1.807) is 43.0 Å². The number of amides is 2. The normalized spacial score (nSPS) is 15.7. The number of benzene rings is 2. The van der Waals surface area contributed by atoms with Gasteiger partial charge in [0, 0.05) is 11.7 Å². The number of nitrogens with zero attached hydrogens (tertiary/aromatic N) is 1. The molecule has 0 spiro atoms. The van der Waals surface area contributed by atoms with E-state index in [0.29, 0.717) is 5.69 Å². The monoisotopic (exact) mass is 380 g/mol. The zero-order valence-corrected chi connectivity index (χ0v) is 16.5. The number of nitrogens with one attached hydrogen (secondary N) is 1. The number of esters is 1. The number of carbonyl (C=O) groups is 3. The first kappa shape index (κ1) is 19.6. The van der Waals surface area contributed by atoms with Gasteiger partial charge in [-0.15, -0.1) is 0 Å². The second-order valence-corrected chi connectivity index (χ2v) is 7.47. The zero-order chi connectivity index (χ0) is 20.5. The number of rotatable bonds is 4. The highest BCUT2D eigenvalue weighted by Crippen LogP contribution is 2.36. The molecule has 2 amide bonds. The van der Waals surface area contributed by atoms with Crippen LogP contribution >= 0.6 is 0 Å². The molecule has 3 rings (SSSR count). The van der Waals surface area contributed by atoms with Crippen LogP contribution in [-0.4, -0.2) is 30.9 Å². The first-order valence-electron chi connectivity index (χ1n) is 9.17. The largest absolute Gasteiger partial charge is 0.465 e. The van der Waals surface area contributed by atoms with Gasteiger partial charge in [-0.2, -0.15) is 0 Å². The highest BCUT2D eigenvalue weighted by Gasteiger charge is 2.43. The van der Waals surface area contributed by atoms with E-state index in [2.05, 4.69) is 5.32 Å². The van der Waals surface area contributed by atoms with Crippen molar-refractivity contribution in [1.82, 2.24) is 0 Å². The van der Waals surface area contributed by atoms with Crippen LogP contribution in [0.3, 0.4) is 0 Å². The lowest BCUT2D eigenvalue weighted by molar-refractivity contribution is -0.136. The Morgan fingerprint density at radius 3 is 2.43 bits per heavy atom. The van der Waals surface area contributed by atoms with Crippen LogP contribution < -0.4 is 10.2 Å². The maximum absolute atomic E-state index is 13.3. The van der Waals surface area contributed by atoms with E-state index >= 15 is 0 Å². The van der Waals surface area contributed by atoms with E-state index < -0.39 is 17.3 Å². The lowest BCUT2D eigenvalue weighted by atomic mass is 9.89. The molecule has 0 radical (unpaired) electrons. The van der Waals surface area contributed by atoms with Gasteiger partial charge in [0.2, 0.25) is 11.8 Å². The van der Waals surface area contributed by atoms with E-state index in [9.17, 15) is 14.4 Å². The predicted molar refractivity (Wildman–Crippen MR) is 107 cm³/mol. The van der Waals surface area contributed by atoms with Crippen molar-refractivity contribution in [1.29, 1.82) is 0 Å². The van der Waals surface area contributed by atoms with Gasteiger partial charge in [-0.05, 0) is 51.0 Å². The van der Waals surface area contributed by atoms with Crippen molar-refractivity contribution < 1.29 is 19.1 Å². The summed E-state index contributed by atoms with van der Waals surface area (Å²) in [5.74, 6) is -1.31. The van der Waals surface area contributed by atoms with E-state index in [1.807, 2.05) is 31.2 Å². The Morgan fingerprint density at radius 2 is 1.71 bits per heavy atom. The lowest BCUT2D eigenvalue weighted by Gasteiger charge is -2.31. The molecule has 1 N–H and O–H groups in total. The summed E-state index contributed by atoms with van der Waals surface area (Å²) in [6.45, 7) is 5.16. The average Bonchev–Trinajstić information content (AvgIpc) is 3.02. The number of anilines is 2. The highest BCUT2D eigenvalue weighted by molar-refractivity contribution is 6.16. The molecule has 0 aliphatic carbocycles. The maximum Gasteiger partial charge on any atom is 0.339 e. The smallest absolute Gasteiger partial charge is 0.339 e. The molecule has 146 valence electrons. The first-order valence-corrected chi connectivity index (χ1v) is 9.17. The zero-order valence-electron chi connectivity index (χ0n) is 16.5. The first-order chi connectivity index (χ1) is 13.3. The topological polar surface area (TPSA) is 75.7 Å². The number of fused-ring (bicyclic) bond motifs is 1. The molecule has 1 atom stereocenters. The highest BCUT2D eigenvalue weighted by atomic mass is 16.5. The van der Waals surface area contributed by atoms with Crippen molar-refractivity contribution in [3.05, 3.63) is 59.7 Å². The molecule has 1 heterocycles. The van der Waals surface area contributed by atoms with Crippen molar-refractivity contribution in [2.75, 3.05) is 17.3 Å². The van der Waals surface area contributed by atoms with Crippen LogP contribution in [-0.2, 0) is 20.7 Å². The van der Waals surface area contributed by atoms with Crippen LogP contribution in [0.15, 0.2) is 48.5 Å². The van der Waals surface area contributed by atoms with Gasteiger partial charge in [0.25, 0.3) is 0 Å². The third-order valence-corrected chi connectivity index (χ3v) is 5.11. The fraction of sp³-hybridized carbons (Fsp3) is 0.318. The third kappa shape index (κ3) is 3.38. The molecule has 0 saturated heterocycles. The van der Waals surface area contributed by atoms with Crippen LogP contribution in [0.2, 0.25) is 0 Å². The predicted octanol–water partition coefficient (Wildman–Crippen LogP) is 3.42. The van der Waals surface area contributed by atoms with Crippen molar-refractivity contribution in [2.24, 2.45) is 5.41 Å². The summed E-state index contributed by atoms with van der Waals surface area (Å²) >= 11 is 0. The number of hydrogen-bond donors (Lipinski definition) is 1. The van der Waals surface area contributed by atoms with E-state index in [4.69, 9.17) is 4.74 Å². The fourth-order valence-corrected chi connectivity index (χ4v) is 3.43. The van der Waals surface area contributed by atoms with Crippen LogP contribution in [0.5, 0.6) is 0 Å². The molecule has 2 aromatic rings. The summed E-state index contributed by atoms with van der Waals surface area (Å²) in [7, 11) is 1.28. The molecule has 0 aromatic heterocycles. The van der Waals surface area contributed by atoms with Crippen molar-refractivity contribution >= 4 is 29.2 Å². The Balaban J connectivity index is 1.86. The summed E-state index contributed by atoms with van der Waals surface area (Å²) in [6.07, 6.45) is 0.755. The molecule has 0 bridgehead atoms. The average molecular weight is 380 g/mol. The van der Waals surface area contributed by atoms with Gasteiger partial charge in [0.15, 0.2) is 0 Å². The molecule has 2 aromatic carbocycles. The molecule has 28 heavy (non-hydrogen) atoms. The number of carbonyl (C=O) groups excluding carboxylic acids is 3. The molecule has 1 aliphatic heterocycles. The molecule has 0 fully saturated rings. The minimum absolute atomic E-state index is 0.0284. The third-order valence-electron chi connectivity index (χ3n) is 5.11. The molecule has 6 heteroatoms. The Labute approximate surface area is 164 Å². The van der Waals surface area contributed by atoms with Crippen molar-refractivity contribution in [3.8, 4) is 0 Å². The summed E-state index contributed by atoms with van der Waals surface area (Å²) in [6, 6.07) is 14.3. The minimum atomic E-state index is -1.32. The standard InChI is InChI=1S/C22H24N2O4/c1-14-13-15-9-5-8-12-18(15)24(14)21(27)22(2,3)20(26)23-17-11-7-6-10-16(17)19(25)28-4/h5-12,14H,13H2,1-4H3,(H,23,26). The second kappa shape index (κ2) is 7.46. The van der Waals surface area contributed by atoms with Crippen LogP contribution in [0.4, 0.5) is 11.4 Å². The maximum atomic E-state index is 13.3. The molecule has 1 unspecified atom stereocenters. The van der Waals surface area contributed by atoms with Crippen LogP contribution in [0.1, 0.15) is 36.7 Å². The van der Waals surface area contributed by atoms with Gasteiger partial charge >= 0.3 is 5.97 Å². The van der Waals surface area contributed by atoms with E-state index in [1.165, 1.54) is 7.11 Å². The summed E-state index contributed by atoms with van der Waals surface area (Å²) in [5.41, 5.74) is 1.16. The van der Waals surface area contributed by atoms with Gasteiger partial charge in [0.05, 0.1) is 18.4 Å². The Kier molecular flexibility index (Phi) is 5.23. The van der Waals surface area contributed by atoms with Gasteiger partial charge < -0.3 is 15.0 Å². The van der Waals surface area contributed by atoms with Gasteiger partial charge in [-0.25, -0.2) is 4.79 Å². The molecule has 6 nitrogen and oxygen atoms in total. The fourth-order valence-electron chi connectivity index (χ4n) is 3.43. The van der Waals surface area contributed by atoms with Gasteiger partial charge in [-0.3, -0.25) is 9.59 Å². The second-order valence-electron chi connectivity index (χ2n) is 7.47. The van der Waals surface area contributed by atoms with E-state index in [-0.39, 0.29) is 17.5 Å². The van der Waals surface area contributed by atoms with Crippen molar-refractivity contribution in [2.45, 2.75) is 33.2 Å². The van der Waals surface area contributed by atoms with Crippen LogP contribution in [0, 0.1) is 5.41 Å². The van der Waals surface area contributed by atoms with Gasteiger partial charge in [-0.1, -0.05) is 30.3 Å². The molecular formula is C22H24N2O4. The molecule has 0 saturated carbocycles. The summed E-state index contributed by atoms with van der Waals surface area (Å²) in [5, 5.41) is 2.72. The number of para-hydroxylation sites is 2. The minimum Gasteiger partial charge on any atom is -0.465 e. The molecule has 1 aliphatic rings. The Hall–Kier alpha value is -3.15. The van der Waals surface area contributed by atoms with E-state index in [0.717, 1.165) is 17.7 Å². The number of hydrogen-bond acceptors (Lipinski definition) is 4. The lowest BCUT2D eigenvalue weighted by Crippen LogP contribution is -2.49. The van der Waals surface area contributed by atoms with Gasteiger partial charge in [0.1, 0.15) is 5.41 Å². The number of methoxy groups -OCH3 is 1. The Morgan fingerprint density at radius 1 is 1.07 bits per heavy atom. The summed E-state index contributed by atoms with van der Waals surface area (Å²) in [4.78, 5) is 40.0. The summed E-state index contributed by atoms with van der Waals surface area (Å²) < 4.78 is 4.76. The number of ether oxygens (including phenoxy) is 1. The quantitative estimate of drug-likeness (QED) is 0.651. The molecular weight excluding hydrogens is 356 g/mol. The van der Waals surface area contributed by atoms with Crippen LogP contribution in [0.25, 0.3) is 0 Å².